The minimum Gasteiger partial charge on any atom is -0.391 e. The molecule has 1 aliphatic carbocycles. The van der Waals surface area contributed by atoms with Crippen LogP contribution in [0.3, 0.4) is 0 Å². The van der Waals surface area contributed by atoms with Gasteiger partial charge in [0.05, 0.1) is 12.2 Å². The summed E-state index contributed by atoms with van der Waals surface area (Å²) in [6, 6.07) is 2.32. The van der Waals surface area contributed by atoms with Gasteiger partial charge in [-0.2, -0.15) is 23.0 Å². The fourth-order valence-electron chi connectivity index (χ4n) is 3.03. The topological polar surface area (TPSA) is 110 Å². The van der Waals surface area contributed by atoms with Crippen LogP contribution in [0.5, 0.6) is 0 Å². The number of halogens is 3. The van der Waals surface area contributed by atoms with Crippen molar-refractivity contribution in [2.24, 2.45) is 0 Å². The van der Waals surface area contributed by atoms with Crippen LogP contribution in [0.1, 0.15) is 36.9 Å². The molecule has 2 aromatic heterocycles. The SMILES string of the molecule is CS(=O)(=O)c1ccc(-n2nc(C(F)(F)F)c(CO)c2NC2CCCC2)nn1. The molecule has 1 saturated carbocycles. The van der Waals surface area contributed by atoms with E-state index in [2.05, 4.69) is 20.6 Å². The van der Waals surface area contributed by atoms with Crippen molar-refractivity contribution in [2.45, 2.75) is 49.5 Å². The van der Waals surface area contributed by atoms with Crippen LogP contribution in [-0.2, 0) is 22.6 Å². The Kier molecular flexibility index (Phi) is 5.12. The van der Waals surface area contributed by atoms with E-state index in [1.807, 2.05) is 0 Å². The van der Waals surface area contributed by atoms with Crippen LogP contribution in [0.4, 0.5) is 19.0 Å². The summed E-state index contributed by atoms with van der Waals surface area (Å²) >= 11 is 0. The fraction of sp³-hybridized carbons (Fsp3) is 0.533. The zero-order chi connectivity index (χ0) is 19.8. The highest BCUT2D eigenvalue weighted by Crippen LogP contribution is 2.36. The number of nitrogens with zero attached hydrogens (tertiary/aromatic N) is 4. The van der Waals surface area contributed by atoms with E-state index in [0.717, 1.165) is 42.7 Å². The summed E-state index contributed by atoms with van der Waals surface area (Å²) in [5.74, 6) is -0.105. The quantitative estimate of drug-likeness (QED) is 0.782. The summed E-state index contributed by atoms with van der Waals surface area (Å²) in [6.07, 6.45) is -0.338. The van der Waals surface area contributed by atoms with E-state index in [1.54, 1.807) is 0 Å². The van der Waals surface area contributed by atoms with Crippen LogP contribution in [-0.4, -0.2) is 45.8 Å². The molecular weight excluding hydrogens is 387 g/mol. The highest BCUT2D eigenvalue weighted by Gasteiger charge is 2.40. The van der Waals surface area contributed by atoms with Crippen LogP contribution < -0.4 is 5.32 Å². The third-order valence-electron chi connectivity index (χ3n) is 4.33. The van der Waals surface area contributed by atoms with E-state index >= 15 is 0 Å². The van der Waals surface area contributed by atoms with Gasteiger partial charge in [0.25, 0.3) is 0 Å². The molecule has 0 spiro atoms. The van der Waals surface area contributed by atoms with Crippen LogP contribution in [0, 0.1) is 0 Å². The highest BCUT2D eigenvalue weighted by molar-refractivity contribution is 7.90. The number of nitrogens with one attached hydrogen (secondary N) is 1. The molecule has 0 radical (unpaired) electrons. The van der Waals surface area contributed by atoms with Gasteiger partial charge in [0.15, 0.2) is 26.4 Å². The number of hydrogen-bond donors (Lipinski definition) is 2. The number of rotatable bonds is 5. The number of aliphatic hydroxyl groups is 1. The molecule has 0 bridgehead atoms. The zero-order valence-electron chi connectivity index (χ0n) is 14.4. The van der Waals surface area contributed by atoms with Crippen LogP contribution in [0.25, 0.3) is 5.82 Å². The zero-order valence-corrected chi connectivity index (χ0v) is 15.2. The minimum absolute atomic E-state index is 0.0156. The van der Waals surface area contributed by atoms with Gasteiger partial charge in [-0.15, -0.1) is 10.2 Å². The molecule has 2 aromatic rings. The average Bonchev–Trinajstić information content (AvgIpc) is 3.21. The molecule has 0 aliphatic heterocycles. The smallest absolute Gasteiger partial charge is 0.391 e. The first-order chi connectivity index (χ1) is 12.6. The number of anilines is 1. The van der Waals surface area contributed by atoms with Crippen molar-refractivity contribution in [2.75, 3.05) is 11.6 Å². The number of hydrogen-bond acceptors (Lipinski definition) is 7. The van der Waals surface area contributed by atoms with Crippen LogP contribution >= 0.6 is 0 Å². The van der Waals surface area contributed by atoms with E-state index in [9.17, 15) is 26.7 Å². The number of sulfone groups is 1. The Balaban J connectivity index is 2.10. The molecule has 27 heavy (non-hydrogen) atoms. The van der Waals surface area contributed by atoms with E-state index in [0.29, 0.717) is 0 Å². The molecule has 0 aromatic carbocycles. The molecule has 2 heterocycles. The lowest BCUT2D eigenvalue weighted by atomic mass is 10.2. The second-order valence-electron chi connectivity index (χ2n) is 6.37. The van der Waals surface area contributed by atoms with Gasteiger partial charge in [-0.05, 0) is 25.0 Å². The molecule has 1 aliphatic rings. The van der Waals surface area contributed by atoms with E-state index in [1.165, 1.54) is 6.07 Å². The molecule has 148 valence electrons. The first-order valence-electron chi connectivity index (χ1n) is 8.22. The first kappa shape index (κ1) is 19.5. The van der Waals surface area contributed by atoms with Crippen LogP contribution in [0.15, 0.2) is 17.2 Å². The highest BCUT2D eigenvalue weighted by atomic mass is 32.2. The predicted octanol–water partition coefficient (Wildman–Crippen LogP) is 1.93. The molecule has 1 fully saturated rings. The first-order valence-corrected chi connectivity index (χ1v) is 10.1. The van der Waals surface area contributed by atoms with E-state index in [-0.39, 0.29) is 28.3 Å². The van der Waals surface area contributed by atoms with Crippen molar-refractivity contribution in [3.05, 3.63) is 23.4 Å². The van der Waals surface area contributed by atoms with Crippen LogP contribution in [0.2, 0.25) is 0 Å². The van der Waals surface area contributed by atoms with Gasteiger partial charge in [0.1, 0.15) is 5.82 Å². The number of aromatic nitrogens is 4. The van der Waals surface area contributed by atoms with Gasteiger partial charge in [-0.3, -0.25) is 0 Å². The molecular formula is C15H18F3N5O3S. The maximum Gasteiger partial charge on any atom is 0.435 e. The fourth-order valence-corrected chi connectivity index (χ4v) is 3.53. The summed E-state index contributed by atoms with van der Waals surface area (Å²) in [5, 5.41) is 23.1. The Bertz CT molecular complexity index is 919. The van der Waals surface area contributed by atoms with Gasteiger partial charge in [0.2, 0.25) is 0 Å². The molecule has 8 nitrogen and oxygen atoms in total. The lowest BCUT2D eigenvalue weighted by Gasteiger charge is -2.16. The van der Waals surface area contributed by atoms with Crippen molar-refractivity contribution in [1.29, 1.82) is 0 Å². The molecule has 0 amide bonds. The van der Waals surface area contributed by atoms with Gasteiger partial charge in [-0.1, -0.05) is 12.8 Å². The second-order valence-corrected chi connectivity index (χ2v) is 8.33. The molecule has 3 rings (SSSR count). The Morgan fingerprint density at radius 2 is 1.93 bits per heavy atom. The van der Waals surface area contributed by atoms with Crippen molar-refractivity contribution in [1.82, 2.24) is 20.0 Å². The van der Waals surface area contributed by atoms with E-state index < -0.39 is 28.3 Å². The third kappa shape index (κ3) is 4.05. The summed E-state index contributed by atoms with van der Waals surface area (Å²) in [5.41, 5.74) is -1.61. The lowest BCUT2D eigenvalue weighted by molar-refractivity contribution is -0.142. The summed E-state index contributed by atoms with van der Waals surface area (Å²) < 4.78 is 63.9. The maximum absolute atomic E-state index is 13.3. The predicted molar refractivity (Wildman–Crippen MR) is 89.1 cm³/mol. The van der Waals surface area contributed by atoms with Gasteiger partial charge in [0, 0.05) is 12.3 Å². The largest absolute Gasteiger partial charge is 0.435 e. The van der Waals surface area contributed by atoms with Crippen molar-refractivity contribution < 1.29 is 26.7 Å². The summed E-state index contributed by atoms with van der Waals surface area (Å²) in [6.45, 7) is -0.862. The Labute approximate surface area is 153 Å². The number of aliphatic hydroxyl groups excluding tert-OH is 1. The van der Waals surface area contributed by atoms with E-state index in [4.69, 9.17) is 0 Å². The Morgan fingerprint density at radius 1 is 1.26 bits per heavy atom. The summed E-state index contributed by atoms with van der Waals surface area (Å²) in [7, 11) is -3.60. The Morgan fingerprint density at radius 3 is 2.41 bits per heavy atom. The molecule has 0 saturated heterocycles. The van der Waals surface area contributed by atoms with Gasteiger partial charge in [-0.25, -0.2) is 8.42 Å². The molecule has 2 N–H and O–H groups in total. The Hall–Kier alpha value is -2.21. The standard InChI is InChI=1S/C15H18F3N5O3S/c1-27(25,26)12-7-6-11(20-21-12)23-14(19-9-4-2-3-5-9)10(8-24)13(22-23)15(16,17)18/h6-7,9,19,24H,2-5,8H2,1H3. The maximum atomic E-state index is 13.3. The molecule has 0 atom stereocenters. The molecule has 12 heteroatoms. The average molecular weight is 405 g/mol. The summed E-state index contributed by atoms with van der Waals surface area (Å²) in [4.78, 5) is 0. The minimum atomic E-state index is -4.77. The molecule has 0 unspecified atom stereocenters. The van der Waals surface area contributed by atoms with Gasteiger partial charge >= 0.3 is 6.18 Å². The lowest BCUT2D eigenvalue weighted by Crippen LogP contribution is -2.19. The van der Waals surface area contributed by atoms with Crippen molar-refractivity contribution in [3.63, 3.8) is 0 Å². The van der Waals surface area contributed by atoms with Crippen molar-refractivity contribution in [3.8, 4) is 5.82 Å². The monoisotopic (exact) mass is 405 g/mol. The van der Waals surface area contributed by atoms with Crippen molar-refractivity contribution >= 4 is 15.7 Å². The second kappa shape index (κ2) is 7.08. The third-order valence-corrected chi connectivity index (χ3v) is 5.31. The van der Waals surface area contributed by atoms with Gasteiger partial charge < -0.3 is 10.4 Å². The normalized spacial score (nSPS) is 16.0. The number of alkyl halides is 3.